The van der Waals surface area contributed by atoms with Crippen LogP contribution in [0.3, 0.4) is 0 Å². The summed E-state index contributed by atoms with van der Waals surface area (Å²) in [5.74, 6) is 0.517. The topological polar surface area (TPSA) is 115 Å². The van der Waals surface area contributed by atoms with Crippen LogP contribution >= 0.6 is 0 Å². The molecule has 1 saturated heterocycles. The molecule has 0 aliphatic carbocycles. The quantitative estimate of drug-likeness (QED) is 0.549. The lowest BCUT2D eigenvalue weighted by Gasteiger charge is -2.39. The first-order valence-corrected chi connectivity index (χ1v) is 10.8. The molecule has 1 aliphatic rings. The van der Waals surface area contributed by atoms with E-state index >= 15 is 0 Å². The molecular formula is C22H27N5O5. The Morgan fingerprint density at radius 1 is 1.28 bits per heavy atom. The minimum atomic E-state index is -0.463. The molecule has 0 bridgehead atoms. The fraction of sp³-hybridized carbons (Fsp3) is 0.500. The van der Waals surface area contributed by atoms with E-state index in [9.17, 15) is 14.4 Å². The van der Waals surface area contributed by atoms with Crippen LogP contribution in [-0.4, -0.2) is 62.0 Å². The number of carbonyl (C=O) groups is 2. The van der Waals surface area contributed by atoms with Gasteiger partial charge < -0.3 is 18.7 Å². The Balaban J connectivity index is 1.37. The number of hydrogen-bond acceptors (Lipinski definition) is 7. The van der Waals surface area contributed by atoms with E-state index in [0.29, 0.717) is 48.9 Å². The zero-order valence-electron chi connectivity index (χ0n) is 18.3. The predicted octanol–water partition coefficient (Wildman–Crippen LogP) is 1.76. The number of likely N-dealkylation sites (tertiary alicyclic amines) is 1. The molecule has 4 rings (SSSR count). The summed E-state index contributed by atoms with van der Waals surface area (Å²) in [6.45, 7) is 5.11. The van der Waals surface area contributed by atoms with Crippen molar-refractivity contribution in [1.29, 1.82) is 0 Å². The Labute approximate surface area is 184 Å². The lowest BCUT2D eigenvalue weighted by atomic mass is 10.0. The smallest absolute Gasteiger partial charge is 0.408 e. The van der Waals surface area contributed by atoms with Gasteiger partial charge in [0.25, 0.3) is 0 Å². The third-order valence-electron chi connectivity index (χ3n) is 5.86. The molecule has 2 amide bonds. The minimum absolute atomic E-state index is 0.0378. The number of oxazole rings is 1. The van der Waals surface area contributed by atoms with Gasteiger partial charge in [-0.1, -0.05) is 17.3 Å². The number of hydrogen-bond donors (Lipinski definition) is 0. The summed E-state index contributed by atoms with van der Waals surface area (Å²) in [7, 11) is 0. The first-order chi connectivity index (χ1) is 15.4. The number of rotatable bonds is 7. The molecule has 1 unspecified atom stereocenters. The first-order valence-electron chi connectivity index (χ1n) is 10.8. The Morgan fingerprint density at radius 2 is 2.09 bits per heavy atom. The molecule has 0 saturated carbocycles. The molecule has 0 radical (unpaired) electrons. The minimum Gasteiger partial charge on any atom is -0.408 e. The van der Waals surface area contributed by atoms with Crippen LogP contribution in [0, 0.1) is 6.92 Å². The molecule has 32 heavy (non-hydrogen) atoms. The van der Waals surface area contributed by atoms with Crippen molar-refractivity contribution in [2.45, 2.75) is 52.1 Å². The number of nitrogens with zero attached hydrogens (tertiary/aromatic N) is 5. The molecular weight excluding hydrogens is 414 g/mol. The lowest BCUT2D eigenvalue weighted by Crippen LogP contribution is -2.51. The monoisotopic (exact) mass is 441 g/mol. The van der Waals surface area contributed by atoms with Gasteiger partial charge in [0.1, 0.15) is 0 Å². The van der Waals surface area contributed by atoms with E-state index in [1.54, 1.807) is 41.8 Å². The molecule has 10 nitrogen and oxygen atoms in total. The fourth-order valence-electron chi connectivity index (χ4n) is 4.29. The Bertz CT molecular complexity index is 1160. The summed E-state index contributed by atoms with van der Waals surface area (Å²) < 4.78 is 11.7. The number of amides is 2. The van der Waals surface area contributed by atoms with Crippen LogP contribution < -0.4 is 5.76 Å². The second-order valence-electron chi connectivity index (χ2n) is 8.07. The van der Waals surface area contributed by atoms with Gasteiger partial charge in [-0.2, -0.15) is 4.98 Å². The third-order valence-corrected chi connectivity index (χ3v) is 5.86. The van der Waals surface area contributed by atoms with Crippen molar-refractivity contribution in [3.05, 3.63) is 46.5 Å². The van der Waals surface area contributed by atoms with Crippen molar-refractivity contribution in [3.63, 3.8) is 0 Å². The average molecular weight is 441 g/mol. The number of carbonyl (C=O) groups excluding carboxylic acids is 2. The van der Waals surface area contributed by atoms with E-state index in [0.717, 1.165) is 12.8 Å². The molecule has 1 aliphatic heterocycles. The predicted molar refractivity (Wildman–Crippen MR) is 115 cm³/mol. The zero-order valence-corrected chi connectivity index (χ0v) is 18.3. The van der Waals surface area contributed by atoms with E-state index in [1.165, 1.54) is 4.57 Å². The van der Waals surface area contributed by atoms with E-state index in [1.807, 2.05) is 6.07 Å². The van der Waals surface area contributed by atoms with Gasteiger partial charge in [0, 0.05) is 58.9 Å². The number of aryl methyl sites for hydroxylation is 2. The van der Waals surface area contributed by atoms with Crippen molar-refractivity contribution in [2.24, 2.45) is 0 Å². The maximum Gasteiger partial charge on any atom is 0.419 e. The maximum atomic E-state index is 12.9. The third kappa shape index (κ3) is 4.74. The molecule has 1 fully saturated rings. The SMILES string of the molecule is CC(=O)N(CCc1noc(C)n1)C1CCCN(C(=O)CCn2c(=O)oc3ccccc32)C1. The van der Waals surface area contributed by atoms with Crippen LogP contribution in [0.25, 0.3) is 11.1 Å². The molecule has 1 aromatic carbocycles. The lowest BCUT2D eigenvalue weighted by molar-refractivity contribution is -0.138. The largest absolute Gasteiger partial charge is 0.419 e. The van der Waals surface area contributed by atoms with Gasteiger partial charge in [0.05, 0.1) is 5.52 Å². The second kappa shape index (κ2) is 9.37. The van der Waals surface area contributed by atoms with Crippen LogP contribution in [-0.2, 0) is 22.6 Å². The Morgan fingerprint density at radius 3 is 2.84 bits per heavy atom. The summed E-state index contributed by atoms with van der Waals surface area (Å²) in [5, 5.41) is 3.89. The van der Waals surface area contributed by atoms with Gasteiger partial charge in [-0.3, -0.25) is 14.2 Å². The molecule has 3 aromatic rings. The second-order valence-corrected chi connectivity index (χ2v) is 8.07. The number of fused-ring (bicyclic) bond motifs is 1. The molecule has 1 atom stereocenters. The summed E-state index contributed by atoms with van der Waals surface area (Å²) in [6, 6.07) is 7.11. The maximum absolute atomic E-state index is 12.9. The molecule has 0 N–H and O–H groups in total. The van der Waals surface area contributed by atoms with Crippen molar-refractivity contribution in [2.75, 3.05) is 19.6 Å². The molecule has 170 valence electrons. The molecule has 10 heteroatoms. The highest BCUT2D eigenvalue weighted by molar-refractivity contribution is 5.77. The molecule has 0 spiro atoms. The van der Waals surface area contributed by atoms with Gasteiger partial charge in [0.2, 0.25) is 17.7 Å². The van der Waals surface area contributed by atoms with Gasteiger partial charge in [-0.05, 0) is 25.0 Å². The van der Waals surface area contributed by atoms with Crippen LogP contribution in [0.1, 0.15) is 37.9 Å². The zero-order chi connectivity index (χ0) is 22.7. The Hall–Kier alpha value is -3.43. The van der Waals surface area contributed by atoms with Gasteiger partial charge >= 0.3 is 5.76 Å². The van der Waals surface area contributed by atoms with Crippen LogP contribution in [0.2, 0.25) is 0 Å². The van der Waals surface area contributed by atoms with E-state index in [4.69, 9.17) is 8.94 Å². The highest BCUT2D eigenvalue weighted by atomic mass is 16.5. The molecule has 2 aromatic heterocycles. The number of benzene rings is 1. The van der Waals surface area contributed by atoms with Gasteiger partial charge in [-0.25, -0.2) is 4.79 Å². The van der Waals surface area contributed by atoms with Gasteiger partial charge in [0.15, 0.2) is 11.4 Å². The normalized spacial score (nSPS) is 16.4. The summed E-state index contributed by atoms with van der Waals surface area (Å²) in [5.41, 5.74) is 1.19. The number of piperidine rings is 1. The average Bonchev–Trinajstić information content (AvgIpc) is 3.34. The highest BCUT2D eigenvalue weighted by Crippen LogP contribution is 2.18. The summed E-state index contributed by atoms with van der Waals surface area (Å²) in [6.07, 6.45) is 2.34. The van der Waals surface area contributed by atoms with Crippen molar-refractivity contribution >= 4 is 22.9 Å². The Kier molecular flexibility index (Phi) is 6.38. The summed E-state index contributed by atoms with van der Waals surface area (Å²) >= 11 is 0. The van der Waals surface area contributed by atoms with Crippen LogP contribution in [0.15, 0.2) is 38.0 Å². The van der Waals surface area contributed by atoms with E-state index in [-0.39, 0.29) is 30.8 Å². The molecule has 3 heterocycles. The number of aromatic nitrogens is 3. The van der Waals surface area contributed by atoms with Crippen molar-refractivity contribution in [1.82, 2.24) is 24.5 Å². The van der Waals surface area contributed by atoms with E-state index < -0.39 is 5.76 Å². The fourth-order valence-corrected chi connectivity index (χ4v) is 4.29. The first kappa shape index (κ1) is 21.8. The highest BCUT2D eigenvalue weighted by Gasteiger charge is 2.29. The van der Waals surface area contributed by atoms with Crippen LogP contribution in [0.5, 0.6) is 0 Å². The van der Waals surface area contributed by atoms with Crippen molar-refractivity contribution in [3.8, 4) is 0 Å². The standard InChI is InChI=1S/C22H27N5O5/c1-15-23-20(24-32-15)9-12-26(16(2)28)17-6-5-11-25(14-17)21(29)10-13-27-18-7-3-4-8-19(18)31-22(27)30/h3-4,7-8,17H,5-6,9-14H2,1-2H3. The number of para-hydroxylation sites is 2. The van der Waals surface area contributed by atoms with Gasteiger partial charge in [-0.15, -0.1) is 0 Å². The van der Waals surface area contributed by atoms with Crippen molar-refractivity contribution < 1.29 is 18.5 Å². The van der Waals surface area contributed by atoms with E-state index in [2.05, 4.69) is 10.1 Å². The van der Waals surface area contributed by atoms with Crippen LogP contribution in [0.4, 0.5) is 0 Å². The summed E-state index contributed by atoms with van der Waals surface area (Å²) in [4.78, 5) is 45.1.